The number of benzene rings is 1. The lowest BCUT2D eigenvalue weighted by molar-refractivity contribution is -0.380. The fourth-order valence-corrected chi connectivity index (χ4v) is 3.98. The standard InChI is InChI=1S/C19H17N3O6S/c23-16(11-27-19(24)15-5-6-17(29-15)22(25)26)21-9-7-12(8-10-21)18-20-13-3-1-2-4-14(13)28-18/h1-6,12H,7-11H2. The molecule has 150 valence electrons. The predicted octanol–water partition coefficient (Wildman–Crippen LogP) is 3.36. The summed E-state index contributed by atoms with van der Waals surface area (Å²) >= 11 is 0.720. The number of amides is 1. The second kappa shape index (κ2) is 8.00. The predicted molar refractivity (Wildman–Crippen MR) is 104 cm³/mol. The van der Waals surface area contributed by atoms with E-state index in [0.717, 1.165) is 22.4 Å². The Hall–Kier alpha value is -3.27. The van der Waals surface area contributed by atoms with Crippen LogP contribution in [0.15, 0.2) is 40.8 Å². The number of likely N-dealkylation sites (tertiary alicyclic amines) is 1. The molecule has 1 saturated heterocycles. The van der Waals surface area contributed by atoms with Crippen LogP contribution >= 0.6 is 11.3 Å². The van der Waals surface area contributed by atoms with E-state index in [4.69, 9.17) is 9.15 Å². The van der Waals surface area contributed by atoms with Gasteiger partial charge in [0.15, 0.2) is 18.1 Å². The highest BCUT2D eigenvalue weighted by molar-refractivity contribution is 7.17. The van der Waals surface area contributed by atoms with Crippen LogP contribution in [-0.2, 0) is 9.53 Å². The highest BCUT2D eigenvalue weighted by Gasteiger charge is 2.28. The molecule has 29 heavy (non-hydrogen) atoms. The molecule has 1 fully saturated rings. The summed E-state index contributed by atoms with van der Waals surface area (Å²) in [5.74, 6) is -0.206. The third-order valence-electron chi connectivity index (χ3n) is 4.81. The SMILES string of the molecule is O=C(OCC(=O)N1CCC(c2nc3ccccc3o2)CC1)c1ccc([N+](=O)[O-])s1. The van der Waals surface area contributed by atoms with Crippen LogP contribution in [0.5, 0.6) is 0 Å². The first-order chi connectivity index (χ1) is 14.0. The van der Waals surface area contributed by atoms with Gasteiger partial charge in [-0.1, -0.05) is 23.5 Å². The lowest BCUT2D eigenvalue weighted by Gasteiger charge is -2.30. The maximum Gasteiger partial charge on any atom is 0.349 e. The average Bonchev–Trinajstić information content (AvgIpc) is 3.39. The van der Waals surface area contributed by atoms with Gasteiger partial charge < -0.3 is 14.1 Å². The van der Waals surface area contributed by atoms with Crippen LogP contribution in [0.1, 0.15) is 34.3 Å². The molecule has 2 aromatic heterocycles. The number of nitro groups is 1. The molecule has 0 spiro atoms. The fourth-order valence-electron chi connectivity index (χ4n) is 3.27. The van der Waals surface area contributed by atoms with Crippen molar-refractivity contribution in [2.45, 2.75) is 18.8 Å². The maximum absolute atomic E-state index is 12.3. The largest absolute Gasteiger partial charge is 0.451 e. The van der Waals surface area contributed by atoms with Crippen LogP contribution in [0.25, 0.3) is 11.1 Å². The van der Waals surface area contributed by atoms with Crippen LogP contribution in [0.3, 0.4) is 0 Å². The van der Waals surface area contributed by atoms with Crippen molar-refractivity contribution in [2.75, 3.05) is 19.7 Å². The molecule has 0 saturated carbocycles. The molecule has 10 heteroatoms. The molecule has 0 aliphatic carbocycles. The number of carbonyl (C=O) groups is 2. The summed E-state index contributed by atoms with van der Waals surface area (Å²) in [4.78, 5) is 40.7. The molecule has 0 bridgehead atoms. The number of ether oxygens (including phenoxy) is 1. The first kappa shape index (κ1) is 19.1. The molecule has 0 unspecified atom stereocenters. The summed E-state index contributed by atoms with van der Waals surface area (Å²) in [6, 6.07) is 10.1. The van der Waals surface area contributed by atoms with Gasteiger partial charge in [-0.3, -0.25) is 14.9 Å². The molecule has 4 rings (SSSR count). The molecule has 9 nitrogen and oxygen atoms in total. The molecule has 1 amide bonds. The van der Waals surface area contributed by atoms with Crippen molar-refractivity contribution in [1.29, 1.82) is 0 Å². The topological polar surface area (TPSA) is 116 Å². The molecular formula is C19H17N3O6S. The molecule has 3 aromatic rings. The van der Waals surface area contributed by atoms with Crippen LogP contribution in [0.2, 0.25) is 0 Å². The van der Waals surface area contributed by atoms with E-state index >= 15 is 0 Å². The Labute approximate surface area is 169 Å². The summed E-state index contributed by atoms with van der Waals surface area (Å²) in [7, 11) is 0. The van der Waals surface area contributed by atoms with Crippen molar-refractivity contribution >= 4 is 39.3 Å². The molecule has 0 N–H and O–H groups in total. The average molecular weight is 415 g/mol. The Morgan fingerprint density at radius 2 is 2.00 bits per heavy atom. The van der Waals surface area contributed by atoms with Gasteiger partial charge in [0.1, 0.15) is 10.4 Å². The van der Waals surface area contributed by atoms with E-state index < -0.39 is 17.5 Å². The third kappa shape index (κ3) is 4.11. The maximum atomic E-state index is 12.3. The third-order valence-corrected chi connectivity index (χ3v) is 5.82. The van der Waals surface area contributed by atoms with Crippen LogP contribution < -0.4 is 0 Å². The van der Waals surface area contributed by atoms with Crippen molar-refractivity contribution < 1.29 is 23.7 Å². The van der Waals surface area contributed by atoms with E-state index in [1.807, 2.05) is 24.3 Å². The highest BCUT2D eigenvalue weighted by Crippen LogP contribution is 2.30. The number of nitrogens with zero attached hydrogens (tertiary/aromatic N) is 3. The van der Waals surface area contributed by atoms with Crippen LogP contribution in [0.4, 0.5) is 5.00 Å². The number of fused-ring (bicyclic) bond motifs is 1. The van der Waals surface area contributed by atoms with Gasteiger partial charge in [0.25, 0.3) is 5.91 Å². The monoisotopic (exact) mass is 415 g/mol. The number of thiophene rings is 1. The van der Waals surface area contributed by atoms with Gasteiger partial charge in [0.05, 0.1) is 4.92 Å². The van der Waals surface area contributed by atoms with Gasteiger partial charge in [0.2, 0.25) is 0 Å². The van der Waals surface area contributed by atoms with Gasteiger partial charge in [-0.15, -0.1) is 0 Å². The van der Waals surface area contributed by atoms with Gasteiger partial charge in [-0.2, -0.15) is 0 Å². The minimum atomic E-state index is -0.738. The molecular weight excluding hydrogens is 398 g/mol. The number of hydrogen-bond acceptors (Lipinski definition) is 8. The number of hydrogen-bond donors (Lipinski definition) is 0. The van der Waals surface area contributed by atoms with Gasteiger partial charge >= 0.3 is 11.0 Å². The van der Waals surface area contributed by atoms with Gasteiger partial charge in [-0.05, 0) is 31.0 Å². The first-order valence-electron chi connectivity index (χ1n) is 9.06. The van der Waals surface area contributed by atoms with Gasteiger partial charge in [-0.25, -0.2) is 9.78 Å². The van der Waals surface area contributed by atoms with Gasteiger partial charge in [0, 0.05) is 25.1 Å². The molecule has 0 atom stereocenters. The normalized spacial score (nSPS) is 14.8. The minimum Gasteiger partial charge on any atom is -0.451 e. The quantitative estimate of drug-likeness (QED) is 0.356. The summed E-state index contributed by atoms with van der Waals surface area (Å²) in [6.07, 6.45) is 1.42. The molecule has 1 aromatic carbocycles. The Kier molecular flexibility index (Phi) is 5.26. The lowest BCUT2D eigenvalue weighted by Crippen LogP contribution is -2.40. The summed E-state index contributed by atoms with van der Waals surface area (Å²) in [5, 5.41) is 10.5. The van der Waals surface area contributed by atoms with Crippen molar-refractivity contribution in [3.8, 4) is 0 Å². The van der Waals surface area contributed by atoms with E-state index in [9.17, 15) is 19.7 Å². The minimum absolute atomic E-state index is 0.0965. The Morgan fingerprint density at radius 3 is 2.69 bits per heavy atom. The van der Waals surface area contributed by atoms with Crippen LogP contribution in [-0.4, -0.2) is 46.4 Å². The second-order valence-corrected chi connectivity index (χ2v) is 7.71. The summed E-state index contributed by atoms with van der Waals surface area (Å²) in [6.45, 7) is 0.645. The number of aromatic nitrogens is 1. The second-order valence-electron chi connectivity index (χ2n) is 6.65. The molecule has 3 heterocycles. The molecule has 1 aliphatic heterocycles. The number of oxazole rings is 1. The van der Waals surface area contributed by atoms with E-state index in [1.165, 1.54) is 12.1 Å². The Bertz CT molecular complexity index is 1030. The van der Waals surface area contributed by atoms with E-state index in [-0.39, 0.29) is 21.7 Å². The van der Waals surface area contributed by atoms with Crippen molar-refractivity contribution in [2.24, 2.45) is 0 Å². The fraction of sp³-hybridized carbons (Fsp3) is 0.316. The van der Waals surface area contributed by atoms with Crippen molar-refractivity contribution in [1.82, 2.24) is 9.88 Å². The highest BCUT2D eigenvalue weighted by atomic mass is 32.1. The van der Waals surface area contributed by atoms with E-state index in [2.05, 4.69) is 4.98 Å². The molecule has 0 radical (unpaired) electrons. The van der Waals surface area contributed by atoms with E-state index in [1.54, 1.807) is 4.90 Å². The molecule has 1 aliphatic rings. The van der Waals surface area contributed by atoms with Crippen LogP contribution in [0, 0.1) is 10.1 Å². The number of carbonyl (C=O) groups excluding carboxylic acids is 2. The smallest absolute Gasteiger partial charge is 0.349 e. The zero-order valence-corrected chi connectivity index (χ0v) is 16.1. The first-order valence-corrected chi connectivity index (χ1v) is 9.87. The zero-order chi connectivity index (χ0) is 20.4. The Balaban J connectivity index is 1.28. The zero-order valence-electron chi connectivity index (χ0n) is 15.3. The summed E-state index contributed by atoms with van der Waals surface area (Å²) in [5.41, 5.74) is 1.57. The van der Waals surface area contributed by atoms with Crippen molar-refractivity contribution in [3.63, 3.8) is 0 Å². The van der Waals surface area contributed by atoms with Crippen molar-refractivity contribution in [3.05, 3.63) is 57.3 Å². The number of esters is 1. The summed E-state index contributed by atoms with van der Waals surface area (Å²) < 4.78 is 10.8. The lowest BCUT2D eigenvalue weighted by atomic mass is 9.97. The van der Waals surface area contributed by atoms with E-state index in [0.29, 0.717) is 31.8 Å². The number of para-hydroxylation sites is 2. The number of rotatable bonds is 5. The Morgan fingerprint density at radius 1 is 1.24 bits per heavy atom. The number of piperidine rings is 1.